The summed E-state index contributed by atoms with van der Waals surface area (Å²) in [6, 6.07) is 0. The van der Waals surface area contributed by atoms with Crippen molar-refractivity contribution in [2.45, 2.75) is 206 Å². The van der Waals surface area contributed by atoms with Gasteiger partial charge in [0.25, 0.3) is 0 Å². The van der Waals surface area contributed by atoms with Gasteiger partial charge >= 0.3 is 11.9 Å². The van der Waals surface area contributed by atoms with Crippen LogP contribution in [0.25, 0.3) is 0 Å². The average molecular weight is 925 g/mol. The molecule has 0 amide bonds. The van der Waals surface area contributed by atoms with Crippen molar-refractivity contribution in [2.75, 3.05) is 19.8 Å². The van der Waals surface area contributed by atoms with Gasteiger partial charge < -0.3 is 74.0 Å². The van der Waals surface area contributed by atoms with E-state index in [4.69, 9.17) is 33.2 Å². The van der Waals surface area contributed by atoms with Gasteiger partial charge in [-0.25, -0.2) is 0 Å². The molecule has 8 N–H and O–H groups in total. The van der Waals surface area contributed by atoms with Gasteiger partial charge in [0, 0.05) is 12.3 Å². The summed E-state index contributed by atoms with van der Waals surface area (Å²) in [5.41, 5.74) is -0.577. The maximum Gasteiger partial charge on any atom is 0.310 e. The summed E-state index contributed by atoms with van der Waals surface area (Å²) in [6.07, 6.45) is -9.35. The minimum Gasteiger partial charge on any atom is -0.481 e. The topological polar surface area (TPSA) is 261 Å². The molecule has 8 rings (SSSR count). The number of rotatable bonds is 9. The van der Waals surface area contributed by atoms with Crippen molar-refractivity contribution < 1.29 is 83.6 Å². The fourth-order valence-corrected chi connectivity index (χ4v) is 14.8. The third-order valence-corrected chi connectivity index (χ3v) is 19.0. The number of aliphatic carboxylic acids is 1. The molecule has 0 radical (unpaired) electrons. The maximum absolute atomic E-state index is 13.1. The summed E-state index contributed by atoms with van der Waals surface area (Å²) >= 11 is 0. The van der Waals surface area contributed by atoms with E-state index in [9.17, 15) is 50.4 Å². The summed E-state index contributed by atoms with van der Waals surface area (Å²) in [4.78, 5) is 24.6. The zero-order valence-corrected chi connectivity index (χ0v) is 39.3. The molecule has 3 saturated heterocycles. The first kappa shape index (κ1) is 49.6. The molecule has 7 fully saturated rings. The Hall–Kier alpha value is -1.84. The Kier molecular flexibility index (Phi) is 13.4. The molecule has 22 atom stereocenters. The van der Waals surface area contributed by atoms with E-state index in [1.54, 1.807) is 0 Å². The van der Waals surface area contributed by atoms with Crippen molar-refractivity contribution >= 4 is 11.9 Å². The number of fused-ring (bicyclic) bond motifs is 7. The highest BCUT2D eigenvalue weighted by Crippen LogP contribution is 2.76. The first-order valence-electron chi connectivity index (χ1n) is 24.0. The van der Waals surface area contributed by atoms with Gasteiger partial charge in [0.05, 0.1) is 37.4 Å². The number of carbonyl (C=O) groups is 2. The third kappa shape index (κ3) is 7.96. The molecular weight excluding hydrogens is 849 g/mol. The lowest BCUT2D eigenvalue weighted by atomic mass is 9.33. The Labute approximate surface area is 382 Å². The van der Waals surface area contributed by atoms with Crippen molar-refractivity contribution in [3.8, 4) is 0 Å². The number of hydrogen-bond donors (Lipinski definition) is 8. The number of aliphatic hydroxyl groups excluding tert-OH is 7. The number of carboxylic acid groups (broad SMARTS) is 1. The number of carboxylic acids is 1. The average Bonchev–Trinajstić information content (AvgIpc) is 3.24. The minimum absolute atomic E-state index is 0.000155. The second kappa shape index (κ2) is 17.5. The van der Waals surface area contributed by atoms with Crippen LogP contribution in [0.2, 0.25) is 0 Å². The Balaban J connectivity index is 1.00. The quantitative estimate of drug-likeness (QED) is 0.0939. The Bertz CT molecular complexity index is 1810. The van der Waals surface area contributed by atoms with E-state index in [0.29, 0.717) is 19.3 Å². The van der Waals surface area contributed by atoms with Crippen LogP contribution in [0, 0.1) is 50.2 Å². The Morgan fingerprint density at radius 2 is 1.42 bits per heavy atom. The van der Waals surface area contributed by atoms with Crippen LogP contribution in [0.15, 0.2) is 11.6 Å². The Morgan fingerprint density at radius 3 is 2.09 bits per heavy atom. The fourth-order valence-electron chi connectivity index (χ4n) is 14.8. The third-order valence-electron chi connectivity index (χ3n) is 19.0. The highest BCUT2D eigenvalue weighted by molar-refractivity contribution is 5.76. The molecule has 0 unspecified atom stereocenters. The number of aliphatic hydroxyl groups is 7. The normalized spacial score (nSPS) is 53.0. The number of ether oxygens (including phenoxy) is 7. The van der Waals surface area contributed by atoms with Crippen molar-refractivity contribution in [1.29, 1.82) is 0 Å². The van der Waals surface area contributed by atoms with E-state index in [1.165, 1.54) is 12.5 Å². The van der Waals surface area contributed by atoms with Gasteiger partial charge in [-0.1, -0.05) is 53.2 Å². The van der Waals surface area contributed by atoms with Crippen molar-refractivity contribution in [3.63, 3.8) is 0 Å². The van der Waals surface area contributed by atoms with Crippen LogP contribution in [-0.2, 0) is 42.7 Å². The van der Waals surface area contributed by atoms with E-state index in [-0.39, 0.29) is 59.2 Å². The van der Waals surface area contributed by atoms with Crippen LogP contribution >= 0.6 is 0 Å². The lowest BCUT2D eigenvalue weighted by Gasteiger charge is -2.71. The van der Waals surface area contributed by atoms with E-state index in [2.05, 4.69) is 47.6 Å². The molecule has 0 aromatic carbocycles. The molecule has 370 valence electrons. The molecule has 5 aliphatic carbocycles. The van der Waals surface area contributed by atoms with Crippen LogP contribution in [-0.4, -0.2) is 159 Å². The largest absolute Gasteiger partial charge is 0.481 e. The zero-order valence-electron chi connectivity index (χ0n) is 39.3. The number of hydrogen-bond acceptors (Lipinski definition) is 16. The van der Waals surface area contributed by atoms with E-state index in [1.807, 2.05) is 0 Å². The van der Waals surface area contributed by atoms with Crippen molar-refractivity contribution in [2.24, 2.45) is 50.2 Å². The molecule has 8 aliphatic rings. The van der Waals surface area contributed by atoms with Gasteiger partial charge in [0.1, 0.15) is 48.8 Å². The molecule has 0 aromatic heterocycles. The molecule has 65 heavy (non-hydrogen) atoms. The lowest BCUT2D eigenvalue weighted by molar-refractivity contribution is -0.379. The molecule has 0 spiro atoms. The molecule has 3 aliphatic heterocycles. The van der Waals surface area contributed by atoms with Crippen LogP contribution in [0.1, 0.15) is 120 Å². The first-order valence-corrected chi connectivity index (χ1v) is 24.0. The van der Waals surface area contributed by atoms with Crippen molar-refractivity contribution in [3.05, 3.63) is 11.6 Å². The molecule has 17 heteroatoms. The molecular formula is C48H76O17. The minimum atomic E-state index is -1.76. The van der Waals surface area contributed by atoms with Gasteiger partial charge in [-0.15, -0.1) is 0 Å². The van der Waals surface area contributed by atoms with Crippen molar-refractivity contribution in [1.82, 2.24) is 0 Å². The van der Waals surface area contributed by atoms with Crippen LogP contribution in [0.3, 0.4) is 0 Å². The number of carbonyl (C=O) groups excluding carboxylic acids is 1. The first-order chi connectivity index (χ1) is 30.4. The van der Waals surface area contributed by atoms with Gasteiger partial charge in [0.2, 0.25) is 0 Å². The lowest BCUT2D eigenvalue weighted by Crippen LogP contribution is -2.67. The van der Waals surface area contributed by atoms with Crippen LogP contribution < -0.4 is 0 Å². The summed E-state index contributed by atoms with van der Waals surface area (Å²) in [6.45, 7) is 15.7. The predicted molar refractivity (Wildman–Crippen MR) is 228 cm³/mol. The van der Waals surface area contributed by atoms with E-state index < -0.39 is 109 Å². The highest BCUT2D eigenvalue weighted by atomic mass is 16.8. The summed E-state index contributed by atoms with van der Waals surface area (Å²) in [7, 11) is 0. The fraction of sp³-hybridized carbons (Fsp3) is 0.917. The second-order valence-electron chi connectivity index (χ2n) is 23.0. The number of allylic oxidation sites excluding steroid dienone is 2. The second-order valence-corrected chi connectivity index (χ2v) is 23.0. The van der Waals surface area contributed by atoms with Crippen LogP contribution in [0.4, 0.5) is 0 Å². The van der Waals surface area contributed by atoms with Crippen LogP contribution in [0.5, 0.6) is 0 Å². The predicted octanol–water partition coefficient (Wildman–Crippen LogP) is 2.56. The number of esters is 1. The highest BCUT2D eigenvalue weighted by Gasteiger charge is 2.70. The Morgan fingerprint density at radius 1 is 0.738 bits per heavy atom. The van der Waals surface area contributed by atoms with E-state index >= 15 is 0 Å². The molecule has 0 bridgehead atoms. The summed E-state index contributed by atoms with van der Waals surface area (Å²) in [5, 5.41) is 88.5. The zero-order chi connectivity index (χ0) is 47.4. The summed E-state index contributed by atoms with van der Waals surface area (Å²) in [5.74, 6) is -1.06. The standard InChI is InChI=1S/C48H76O17/c1-23-32(52)37(64-39-35(55)34(54)28(21-60-39)62-24(2)50)36(56)40(61-23)65-38-33(53)27(51)20-59-41(38)63-31-12-13-44(5)29(45(31,6)22-49)11-14-47(8)30(44)10-9-25-26-19-43(3,4)15-17-48(26,42(57)58)18-16-46(25,47)7/h9,23,26-41,49,51-56H,10-22H2,1-8H3,(H,57,58)/t23-,26-,27-,28-,29+,30+,31-,32-,33-,34-,35+,36+,37+,38+,39-,40-,41-,44+,45-,46+,47+,48-/m0/s1. The molecule has 0 aromatic rings. The van der Waals surface area contributed by atoms with Gasteiger partial charge in [-0.3, -0.25) is 9.59 Å². The molecule has 3 heterocycles. The van der Waals surface area contributed by atoms with Gasteiger partial charge in [-0.2, -0.15) is 0 Å². The van der Waals surface area contributed by atoms with E-state index in [0.717, 1.165) is 51.9 Å². The molecule has 17 nitrogen and oxygen atoms in total. The monoisotopic (exact) mass is 925 g/mol. The summed E-state index contributed by atoms with van der Waals surface area (Å²) < 4.78 is 41.4. The smallest absolute Gasteiger partial charge is 0.310 e. The van der Waals surface area contributed by atoms with Gasteiger partial charge in [-0.05, 0) is 111 Å². The SMILES string of the molecule is CC(=O)O[C@H]1CO[C@@H](O[C@@H]2[C@@H](O)[C@H](C)O[C@@H](O[C@H]3[C@H](O[C@H]4CC[C@]5(C)[C@@H](CC[C@]6(C)[C@@H]5CC=C5[C@@H]7CC(C)(C)CC[C@]7(C(=O)O)CC[C@]56C)[C@]4(C)CO)OC[C@H](O)[C@@H]3O)[C@@H]2O)[C@H](O)[C@H]1O. The maximum atomic E-state index is 13.1. The molecule has 4 saturated carbocycles. The van der Waals surface area contributed by atoms with Gasteiger partial charge in [0.15, 0.2) is 25.0 Å².